The first-order valence-corrected chi connectivity index (χ1v) is 5.74. The van der Waals surface area contributed by atoms with Crippen molar-refractivity contribution in [1.29, 1.82) is 0 Å². The number of nitrogen functional groups attached to an aromatic ring is 1. The molecule has 0 saturated carbocycles. The van der Waals surface area contributed by atoms with Crippen LogP contribution in [0.25, 0.3) is 0 Å². The number of hydrogen-bond acceptors (Lipinski definition) is 3. The van der Waals surface area contributed by atoms with Gasteiger partial charge in [-0.2, -0.15) is 0 Å². The first-order chi connectivity index (χ1) is 7.00. The number of anilines is 2. The van der Waals surface area contributed by atoms with E-state index < -0.39 is 0 Å². The number of nitrogens with zero attached hydrogens (tertiary/aromatic N) is 1. The van der Waals surface area contributed by atoms with E-state index in [4.69, 9.17) is 5.73 Å². The summed E-state index contributed by atoms with van der Waals surface area (Å²) in [7, 11) is 1.97. The van der Waals surface area contributed by atoms with Gasteiger partial charge in [0.05, 0.1) is 17.5 Å². The predicted molar refractivity (Wildman–Crippen MR) is 68.1 cm³/mol. The van der Waals surface area contributed by atoms with Gasteiger partial charge in [-0.1, -0.05) is 15.9 Å². The van der Waals surface area contributed by atoms with Crippen molar-refractivity contribution < 1.29 is 5.11 Å². The lowest BCUT2D eigenvalue weighted by Gasteiger charge is -2.21. The van der Waals surface area contributed by atoms with Gasteiger partial charge in [0.1, 0.15) is 0 Å². The van der Waals surface area contributed by atoms with Crippen LogP contribution in [0.4, 0.5) is 11.4 Å². The lowest BCUT2D eigenvalue weighted by atomic mass is 10.2. The van der Waals surface area contributed by atoms with Gasteiger partial charge < -0.3 is 15.7 Å². The van der Waals surface area contributed by atoms with Gasteiger partial charge in [-0.15, -0.1) is 0 Å². The van der Waals surface area contributed by atoms with E-state index in [1.165, 1.54) is 0 Å². The second-order valence-corrected chi connectivity index (χ2v) is 4.68. The van der Waals surface area contributed by atoms with Gasteiger partial charge >= 0.3 is 0 Å². The molecule has 84 valence electrons. The van der Waals surface area contributed by atoms with Crippen molar-refractivity contribution in [3.05, 3.63) is 22.7 Å². The Morgan fingerprint density at radius 3 is 2.73 bits per heavy atom. The van der Waals surface area contributed by atoms with E-state index >= 15 is 0 Å². The quantitative estimate of drug-likeness (QED) is 0.827. The van der Waals surface area contributed by atoms with Crippen molar-refractivity contribution >= 4 is 27.3 Å². The van der Waals surface area contributed by atoms with Crippen molar-refractivity contribution in [1.82, 2.24) is 0 Å². The summed E-state index contributed by atoms with van der Waals surface area (Å²) in [4.78, 5) is 2.05. The lowest BCUT2D eigenvalue weighted by Crippen LogP contribution is -2.22. The van der Waals surface area contributed by atoms with E-state index in [0.29, 0.717) is 0 Å². The lowest BCUT2D eigenvalue weighted by molar-refractivity contribution is 0.187. The fourth-order valence-corrected chi connectivity index (χ4v) is 1.75. The van der Waals surface area contributed by atoms with Crippen molar-refractivity contribution in [3.63, 3.8) is 0 Å². The average Bonchev–Trinajstić information content (AvgIpc) is 2.14. The highest BCUT2D eigenvalue weighted by molar-refractivity contribution is 9.10. The number of benzene rings is 1. The topological polar surface area (TPSA) is 49.5 Å². The molecule has 3 N–H and O–H groups in total. The summed E-state index contributed by atoms with van der Waals surface area (Å²) in [6.07, 6.45) is 0.468. The summed E-state index contributed by atoms with van der Waals surface area (Å²) < 4.78 is 0.979. The molecule has 0 heterocycles. The molecule has 1 atom stereocenters. The number of nitrogens with two attached hydrogens (primary N) is 1. The third-order valence-electron chi connectivity index (χ3n) is 2.28. The Labute approximate surface area is 99.0 Å². The first-order valence-electron chi connectivity index (χ1n) is 4.95. The van der Waals surface area contributed by atoms with E-state index in [0.717, 1.165) is 28.8 Å². The molecule has 0 aliphatic carbocycles. The summed E-state index contributed by atoms with van der Waals surface area (Å²) in [5.41, 5.74) is 7.64. The molecule has 1 aromatic rings. The van der Waals surface area contributed by atoms with Crippen molar-refractivity contribution in [2.24, 2.45) is 0 Å². The van der Waals surface area contributed by atoms with Gasteiger partial charge in [0.25, 0.3) is 0 Å². The molecule has 0 amide bonds. The molecule has 1 aromatic carbocycles. The molecule has 1 unspecified atom stereocenters. The molecule has 15 heavy (non-hydrogen) atoms. The molecular weight excluding hydrogens is 256 g/mol. The number of halogens is 1. The molecule has 4 heteroatoms. The Balaban J connectivity index is 2.69. The summed E-state index contributed by atoms with van der Waals surface area (Å²) >= 11 is 3.37. The number of rotatable bonds is 4. The monoisotopic (exact) mass is 272 g/mol. The van der Waals surface area contributed by atoms with Crippen molar-refractivity contribution in [3.8, 4) is 0 Å². The van der Waals surface area contributed by atoms with Crippen molar-refractivity contribution in [2.45, 2.75) is 19.4 Å². The van der Waals surface area contributed by atoms with Gasteiger partial charge in [0, 0.05) is 18.1 Å². The fourth-order valence-electron chi connectivity index (χ4n) is 1.37. The third-order valence-corrected chi connectivity index (χ3v) is 2.78. The minimum Gasteiger partial charge on any atom is -0.397 e. The normalized spacial score (nSPS) is 12.5. The van der Waals surface area contributed by atoms with Crippen LogP contribution in [0.2, 0.25) is 0 Å². The van der Waals surface area contributed by atoms with Gasteiger partial charge in [0.2, 0.25) is 0 Å². The molecule has 3 nitrogen and oxygen atoms in total. The summed E-state index contributed by atoms with van der Waals surface area (Å²) in [6.45, 7) is 2.59. The summed E-state index contributed by atoms with van der Waals surface area (Å²) in [5.74, 6) is 0. The van der Waals surface area contributed by atoms with Gasteiger partial charge in [-0.05, 0) is 31.5 Å². The second-order valence-electron chi connectivity index (χ2n) is 3.76. The Hall–Kier alpha value is -0.740. The summed E-state index contributed by atoms with van der Waals surface area (Å²) in [6, 6.07) is 5.82. The molecule has 0 bridgehead atoms. The molecular formula is C11H17BrN2O. The van der Waals surface area contributed by atoms with Crippen LogP contribution in [-0.4, -0.2) is 24.8 Å². The van der Waals surface area contributed by atoms with Crippen LogP contribution in [0.15, 0.2) is 22.7 Å². The van der Waals surface area contributed by atoms with Crippen LogP contribution in [0, 0.1) is 0 Å². The Bertz CT molecular complexity index is 328. The Morgan fingerprint density at radius 2 is 2.20 bits per heavy atom. The van der Waals surface area contributed by atoms with Crippen LogP contribution in [0.5, 0.6) is 0 Å². The van der Waals surface area contributed by atoms with Gasteiger partial charge in [-0.3, -0.25) is 0 Å². The second kappa shape index (κ2) is 5.37. The average molecular weight is 273 g/mol. The Morgan fingerprint density at radius 1 is 1.53 bits per heavy atom. The molecule has 0 aromatic heterocycles. The van der Waals surface area contributed by atoms with Crippen LogP contribution in [-0.2, 0) is 0 Å². The molecule has 0 radical (unpaired) electrons. The van der Waals surface area contributed by atoms with Crippen LogP contribution in [0.1, 0.15) is 13.3 Å². The molecule has 0 spiro atoms. The molecule has 1 rings (SSSR count). The minimum atomic E-state index is -0.274. The van der Waals surface area contributed by atoms with Gasteiger partial charge in [0.15, 0.2) is 0 Å². The van der Waals surface area contributed by atoms with E-state index in [-0.39, 0.29) is 6.10 Å². The fraction of sp³-hybridized carbons (Fsp3) is 0.455. The van der Waals surface area contributed by atoms with E-state index in [1.807, 2.05) is 25.2 Å². The Kier molecular flexibility index (Phi) is 4.42. The van der Waals surface area contributed by atoms with E-state index in [2.05, 4.69) is 20.8 Å². The molecule has 0 aliphatic rings. The zero-order chi connectivity index (χ0) is 11.4. The zero-order valence-electron chi connectivity index (χ0n) is 9.07. The van der Waals surface area contributed by atoms with E-state index in [1.54, 1.807) is 6.92 Å². The highest BCUT2D eigenvalue weighted by atomic mass is 79.9. The minimum absolute atomic E-state index is 0.274. The predicted octanol–water partition coefficient (Wildman–Crippen LogP) is 2.24. The van der Waals surface area contributed by atoms with E-state index in [9.17, 15) is 5.11 Å². The number of aliphatic hydroxyl groups excluding tert-OH is 1. The number of aliphatic hydroxyl groups is 1. The summed E-state index contributed by atoms with van der Waals surface area (Å²) in [5, 5.41) is 9.20. The van der Waals surface area contributed by atoms with Crippen LogP contribution in [0.3, 0.4) is 0 Å². The van der Waals surface area contributed by atoms with Crippen LogP contribution < -0.4 is 10.6 Å². The highest BCUT2D eigenvalue weighted by Gasteiger charge is 2.06. The highest BCUT2D eigenvalue weighted by Crippen LogP contribution is 2.25. The molecule has 0 fully saturated rings. The number of hydrogen-bond donors (Lipinski definition) is 2. The maximum absolute atomic E-state index is 9.20. The zero-order valence-corrected chi connectivity index (χ0v) is 10.7. The van der Waals surface area contributed by atoms with Gasteiger partial charge in [-0.25, -0.2) is 0 Å². The molecule has 0 aliphatic heterocycles. The largest absolute Gasteiger partial charge is 0.397 e. The third kappa shape index (κ3) is 3.72. The van der Waals surface area contributed by atoms with Crippen molar-refractivity contribution in [2.75, 3.05) is 24.2 Å². The smallest absolute Gasteiger partial charge is 0.0598 e. The standard InChI is InChI=1S/C11H17BrN2O/c1-8(15)5-6-14(2)11-4-3-9(12)7-10(11)13/h3-4,7-8,15H,5-6,13H2,1-2H3. The maximum Gasteiger partial charge on any atom is 0.0598 e. The first kappa shape index (κ1) is 12.3. The van der Waals surface area contributed by atoms with Crippen LogP contribution >= 0.6 is 15.9 Å². The molecule has 0 saturated heterocycles. The maximum atomic E-state index is 9.20. The SMILES string of the molecule is CC(O)CCN(C)c1ccc(Br)cc1N.